The van der Waals surface area contributed by atoms with Crippen LogP contribution >= 0.6 is 0 Å². The van der Waals surface area contributed by atoms with Gasteiger partial charge < -0.3 is 9.64 Å². The second-order valence-electron chi connectivity index (χ2n) is 7.87. The number of carbonyl (C=O) groups excluding carboxylic acids is 2. The molecule has 0 spiro atoms. The lowest BCUT2D eigenvalue weighted by molar-refractivity contribution is 0.0599. The number of methoxy groups -OCH3 is 1. The summed E-state index contributed by atoms with van der Waals surface area (Å²) in [4.78, 5) is 27.6. The first kappa shape index (κ1) is 19.5. The maximum absolute atomic E-state index is 13.6. The summed E-state index contributed by atoms with van der Waals surface area (Å²) in [6, 6.07) is 11.5. The molecule has 2 heterocycles. The number of benzene rings is 2. The predicted octanol–water partition coefficient (Wildman–Crippen LogP) is 3.88. The molecule has 31 heavy (non-hydrogen) atoms. The summed E-state index contributed by atoms with van der Waals surface area (Å²) in [6.07, 6.45) is 4.05. The maximum atomic E-state index is 13.6. The Balaban J connectivity index is 1.56. The maximum Gasteiger partial charge on any atom is 0.338 e. The number of amides is 1. The van der Waals surface area contributed by atoms with Crippen molar-refractivity contribution in [2.45, 2.75) is 32.1 Å². The minimum atomic E-state index is -0.396. The lowest BCUT2D eigenvalue weighted by Gasteiger charge is -2.30. The Bertz CT molecular complexity index is 1180. The zero-order chi connectivity index (χ0) is 21.5. The smallest absolute Gasteiger partial charge is 0.338 e. The average molecular weight is 419 g/mol. The number of anilines is 1. The largest absolute Gasteiger partial charge is 0.465 e. The monoisotopic (exact) mass is 419 g/mol. The summed E-state index contributed by atoms with van der Waals surface area (Å²) in [5.74, 6) is -0.871. The molecule has 2 aromatic carbocycles. The van der Waals surface area contributed by atoms with Gasteiger partial charge in [-0.25, -0.2) is 13.9 Å². The number of hydrogen-bond acceptors (Lipinski definition) is 4. The van der Waals surface area contributed by atoms with E-state index in [4.69, 9.17) is 4.74 Å². The Morgan fingerprint density at radius 1 is 1.00 bits per heavy atom. The van der Waals surface area contributed by atoms with Crippen molar-refractivity contribution in [1.82, 2.24) is 9.78 Å². The molecule has 0 saturated carbocycles. The first-order valence-electron chi connectivity index (χ1n) is 10.5. The number of fused-ring (bicyclic) bond motifs is 2. The summed E-state index contributed by atoms with van der Waals surface area (Å²) >= 11 is 0. The van der Waals surface area contributed by atoms with Gasteiger partial charge in [-0.15, -0.1) is 0 Å². The van der Waals surface area contributed by atoms with Crippen molar-refractivity contribution < 1.29 is 18.7 Å². The Hall–Kier alpha value is -3.48. The first-order valence-corrected chi connectivity index (χ1v) is 10.5. The normalized spacial score (nSPS) is 14.8. The quantitative estimate of drug-likeness (QED) is 0.605. The first-order chi connectivity index (χ1) is 15.1. The fraction of sp³-hybridized carbons (Fsp3) is 0.292. The number of ether oxygens (including phenoxy) is 1. The number of rotatable bonds is 3. The molecule has 3 aromatic rings. The Morgan fingerprint density at radius 2 is 1.77 bits per heavy atom. The van der Waals surface area contributed by atoms with Gasteiger partial charge in [0, 0.05) is 23.5 Å². The highest BCUT2D eigenvalue weighted by Gasteiger charge is 2.33. The van der Waals surface area contributed by atoms with Crippen molar-refractivity contribution in [2.24, 2.45) is 0 Å². The van der Waals surface area contributed by atoms with Gasteiger partial charge >= 0.3 is 5.97 Å². The van der Waals surface area contributed by atoms with Gasteiger partial charge in [-0.05, 0) is 74.1 Å². The Kier molecular flexibility index (Phi) is 4.81. The molecular weight excluding hydrogens is 397 g/mol. The van der Waals surface area contributed by atoms with Crippen LogP contribution in [-0.2, 0) is 24.0 Å². The van der Waals surface area contributed by atoms with Crippen molar-refractivity contribution in [1.29, 1.82) is 0 Å². The van der Waals surface area contributed by atoms with E-state index in [-0.39, 0.29) is 11.7 Å². The summed E-state index contributed by atoms with van der Waals surface area (Å²) in [5, 5.41) is 4.66. The lowest BCUT2D eigenvalue weighted by Crippen LogP contribution is -2.37. The summed E-state index contributed by atoms with van der Waals surface area (Å²) < 4.78 is 20.1. The van der Waals surface area contributed by atoms with Gasteiger partial charge in [0.25, 0.3) is 5.91 Å². The van der Waals surface area contributed by atoms with Crippen LogP contribution in [0.5, 0.6) is 0 Å². The minimum Gasteiger partial charge on any atom is -0.465 e. The number of esters is 1. The van der Waals surface area contributed by atoms with E-state index in [0.29, 0.717) is 24.2 Å². The van der Waals surface area contributed by atoms with Crippen molar-refractivity contribution in [3.05, 3.63) is 76.4 Å². The average Bonchev–Trinajstić information content (AvgIpc) is 3.41. The summed E-state index contributed by atoms with van der Waals surface area (Å²) in [5.41, 5.74) is 5.23. The van der Waals surface area contributed by atoms with Crippen LogP contribution in [0.15, 0.2) is 42.5 Å². The summed E-state index contributed by atoms with van der Waals surface area (Å²) in [7, 11) is 1.36. The van der Waals surface area contributed by atoms with E-state index in [2.05, 4.69) is 5.10 Å². The Morgan fingerprint density at radius 3 is 2.55 bits per heavy atom. The number of carbonyl (C=O) groups is 2. The molecule has 1 amide bonds. The molecule has 0 saturated heterocycles. The number of nitrogens with zero attached hydrogens (tertiary/aromatic N) is 3. The van der Waals surface area contributed by atoms with Crippen LogP contribution in [0.1, 0.15) is 50.5 Å². The fourth-order valence-electron chi connectivity index (χ4n) is 4.67. The fourth-order valence-corrected chi connectivity index (χ4v) is 4.67. The van der Waals surface area contributed by atoms with Gasteiger partial charge in [0.2, 0.25) is 0 Å². The molecule has 158 valence electrons. The van der Waals surface area contributed by atoms with Gasteiger partial charge in [-0.2, -0.15) is 5.10 Å². The van der Waals surface area contributed by atoms with Gasteiger partial charge in [0.05, 0.1) is 18.4 Å². The zero-order valence-electron chi connectivity index (χ0n) is 17.2. The van der Waals surface area contributed by atoms with Crippen LogP contribution in [-0.4, -0.2) is 35.3 Å². The number of halogens is 1. The molecule has 7 heteroatoms. The standard InChI is InChI=1S/C24H22FN3O3/c1-31-24(30)18-5-2-8-20-17(18)7-4-14-27(20)23(29)22-19-6-3-9-21(19)28(26-22)16-12-10-15(25)11-13-16/h2,5,8,10-13H,3-4,6-7,9,14H2,1H3. The third-order valence-electron chi connectivity index (χ3n) is 6.11. The van der Waals surface area contributed by atoms with Gasteiger partial charge in [0.1, 0.15) is 5.82 Å². The van der Waals surface area contributed by atoms with Crippen LogP contribution in [0.2, 0.25) is 0 Å². The van der Waals surface area contributed by atoms with Gasteiger partial charge in [-0.3, -0.25) is 4.79 Å². The molecule has 6 nitrogen and oxygen atoms in total. The van der Waals surface area contributed by atoms with Crippen LogP contribution < -0.4 is 4.90 Å². The highest BCUT2D eigenvalue weighted by atomic mass is 19.1. The van der Waals surface area contributed by atoms with Crippen molar-refractivity contribution in [3.63, 3.8) is 0 Å². The number of hydrogen-bond donors (Lipinski definition) is 0. The van der Waals surface area contributed by atoms with E-state index < -0.39 is 5.97 Å². The van der Waals surface area contributed by atoms with Crippen LogP contribution in [0, 0.1) is 5.82 Å². The molecule has 1 aliphatic carbocycles. The van der Waals surface area contributed by atoms with Gasteiger partial charge in [0.15, 0.2) is 5.69 Å². The van der Waals surface area contributed by atoms with E-state index in [0.717, 1.165) is 53.9 Å². The molecule has 5 rings (SSSR count). The van der Waals surface area contributed by atoms with E-state index in [1.54, 1.807) is 33.8 Å². The minimum absolute atomic E-state index is 0.165. The molecule has 0 atom stereocenters. The topological polar surface area (TPSA) is 64.4 Å². The van der Waals surface area contributed by atoms with E-state index in [1.807, 2.05) is 6.07 Å². The molecule has 0 N–H and O–H groups in total. The van der Waals surface area contributed by atoms with Crippen molar-refractivity contribution in [3.8, 4) is 5.69 Å². The van der Waals surface area contributed by atoms with Crippen LogP contribution in [0.3, 0.4) is 0 Å². The highest BCUT2D eigenvalue weighted by molar-refractivity contribution is 6.07. The van der Waals surface area contributed by atoms with E-state index >= 15 is 0 Å². The third kappa shape index (κ3) is 3.21. The number of aromatic nitrogens is 2. The summed E-state index contributed by atoms with van der Waals surface area (Å²) in [6.45, 7) is 0.564. The molecule has 2 aliphatic rings. The molecule has 0 unspecified atom stereocenters. The second-order valence-corrected chi connectivity index (χ2v) is 7.87. The molecule has 1 aliphatic heterocycles. The Labute approximate surface area is 179 Å². The van der Waals surface area contributed by atoms with Crippen molar-refractivity contribution >= 4 is 17.6 Å². The predicted molar refractivity (Wildman–Crippen MR) is 113 cm³/mol. The van der Waals surface area contributed by atoms with E-state index in [1.165, 1.54) is 19.2 Å². The molecule has 0 radical (unpaired) electrons. The second kappa shape index (κ2) is 7.65. The third-order valence-corrected chi connectivity index (χ3v) is 6.11. The molecule has 0 bridgehead atoms. The van der Waals surface area contributed by atoms with Crippen molar-refractivity contribution in [2.75, 3.05) is 18.6 Å². The van der Waals surface area contributed by atoms with Crippen LogP contribution in [0.25, 0.3) is 5.69 Å². The van der Waals surface area contributed by atoms with Crippen LogP contribution in [0.4, 0.5) is 10.1 Å². The molecule has 1 aromatic heterocycles. The molecular formula is C24H22FN3O3. The van der Waals surface area contributed by atoms with E-state index in [9.17, 15) is 14.0 Å². The van der Waals surface area contributed by atoms with Gasteiger partial charge in [-0.1, -0.05) is 6.07 Å². The lowest BCUT2D eigenvalue weighted by atomic mass is 9.95. The zero-order valence-corrected chi connectivity index (χ0v) is 17.2. The highest BCUT2D eigenvalue weighted by Crippen LogP contribution is 2.34. The molecule has 0 fully saturated rings. The SMILES string of the molecule is COC(=O)c1cccc2c1CCCN2C(=O)c1nn(-c2ccc(F)cc2)c2c1CCC2.